The Morgan fingerprint density at radius 2 is 0.407 bits per heavy atom. The number of fused-ring (bicyclic) bond motifs is 8. The normalized spacial score (nSPS) is 18.6. The van der Waals surface area contributed by atoms with Gasteiger partial charge in [0.25, 0.3) is 0 Å². The summed E-state index contributed by atoms with van der Waals surface area (Å²) in [5.41, 5.74) is 23.1. The van der Waals surface area contributed by atoms with Crippen molar-refractivity contribution in [2.45, 2.75) is 239 Å². The Balaban J connectivity index is -0.0000000950. The van der Waals surface area contributed by atoms with E-state index < -0.39 is 0 Å². The summed E-state index contributed by atoms with van der Waals surface area (Å²) in [7, 11) is 0. The van der Waals surface area contributed by atoms with Crippen LogP contribution in [0.2, 0.25) is 0 Å². The van der Waals surface area contributed by atoms with Crippen molar-refractivity contribution in [2.24, 2.45) is 47.3 Å². The van der Waals surface area contributed by atoms with Gasteiger partial charge in [-0.25, -0.2) is 0 Å². The van der Waals surface area contributed by atoms with E-state index in [1.54, 1.807) is 0 Å². The second-order valence-corrected chi connectivity index (χ2v) is 27.8. The predicted octanol–water partition coefficient (Wildman–Crippen LogP) is 23.8. The topological polar surface area (TPSA) is 103 Å². The van der Waals surface area contributed by atoms with Crippen molar-refractivity contribution in [3.63, 3.8) is 0 Å². The van der Waals surface area contributed by atoms with Gasteiger partial charge in [-0.15, -0.1) is 0 Å². The first-order valence-electron chi connectivity index (χ1n) is 34.3. The molecule has 0 spiro atoms. The second-order valence-electron chi connectivity index (χ2n) is 27.8. The van der Waals surface area contributed by atoms with Crippen LogP contribution in [0.4, 0.5) is 0 Å². The van der Waals surface area contributed by atoms with Crippen LogP contribution >= 0.6 is 0 Å². The van der Waals surface area contributed by atoms with E-state index in [1.807, 2.05) is 98.6 Å². The van der Waals surface area contributed by atoms with E-state index in [9.17, 15) is 0 Å². The maximum atomic E-state index is 4.37. The molecule has 8 aliphatic carbocycles. The maximum Gasteiger partial charge on any atom is 0.0438 e. The zero-order valence-corrected chi connectivity index (χ0v) is 90.3. The molecule has 8 aliphatic rings. The number of aryl methyl sites for hydroxylation is 8. The van der Waals surface area contributed by atoms with Gasteiger partial charge in [-0.1, -0.05) is 109 Å². The number of rotatable bonds is 0. The van der Waals surface area contributed by atoms with Gasteiger partial charge in [0.15, 0.2) is 0 Å². The van der Waals surface area contributed by atoms with Crippen LogP contribution in [0.5, 0.6) is 0 Å². The van der Waals surface area contributed by atoms with Gasteiger partial charge in [0, 0.05) is 359 Å². The molecule has 8 nitrogen and oxygen atoms in total. The zero-order chi connectivity index (χ0) is 61.5. The molecule has 0 N–H and O–H groups in total. The van der Waals surface area contributed by atoms with Crippen molar-refractivity contribution in [1.29, 1.82) is 0 Å². The predicted molar refractivity (Wildman–Crippen MR) is 442 cm³/mol. The molecule has 0 fully saturated rings. The third kappa shape index (κ3) is 47.1. The summed E-state index contributed by atoms with van der Waals surface area (Å²) in [6.45, 7) is 18.5. The first-order valence-corrected chi connectivity index (χ1v) is 34.3. The van der Waals surface area contributed by atoms with E-state index in [2.05, 4.69) is 144 Å². The molecule has 16 rings (SSSR count). The van der Waals surface area contributed by atoms with E-state index in [0.717, 1.165) is 47.3 Å². The Morgan fingerprint density at radius 1 is 0.204 bits per heavy atom. The summed E-state index contributed by atoms with van der Waals surface area (Å²) >= 11 is 0. The minimum absolute atomic E-state index is 0. The van der Waals surface area contributed by atoms with Gasteiger partial charge in [0.2, 0.25) is 0 Å². The fraction of sp³-hybridized carbons (Fsp3) is 0.478. The van der Waals surface area contributed by atoms with E-state index in [4.69, 9.17) is 0 Å². The van der Waals surface area contributed by atoms with E-state index in [0.29, 0.717) is 0 Å². The smallest absolute Gasteiger partial charge is 0.0438 e. The Hall–Kier alpha value is 2.03. The van der Waals surface area contributed by atoms with Crippen LogP contribution in [0.1, 0.15) is 226 Å². The summed E-state index contributed by atoms with van der Waals surface area (Å²) in [4.78, 5) is 34.0. The number of hydrogen-bond donors (Lipinski definition) is 0. The average molecular weight is 2070 g/mol. The summed E-state index contributed by atoms with van der Waals surface area (Å²) in [5, 5.41) is 0. The number of pyridine rings is 8. The molecule has 8 heterocycles. The van der Waals surface area contributed by atoms with Crippen LogP contribution in [0.15, 0.2) is 147 Å². The molecule has 8 atom stereocenters. The van der Waals surface area contributed by atoms with Gasteiger partial charge >= 0.3 is 0 Å². The van der Waals surface area contributed by atoms with Crippen molar-refractivity contribution >= 4 is 0 Å². The molecule has 0 bridgehead atoms. The fourth-order valence-electron chi connectivity index (χ4n) is 14.0. The molecule has 8 aromatic heterocycles. The molecule has 0 saturated heterocycles. The Kier molecular flexibility index (Phi) is 94.8. The van der Waals surface area contributed by atoms with E-state index >= 15 is 0 Å². The minimum Gasteiger partial charge on any atom is -0.358 e. The summed E-state index contributed by atoms with van der Waals surface area (Å²) in [6, 6.07) is 25.6. The number of aromatic nitrogens is 8. The van der Waals surface area contributed by atoms with Crippen molar-refractivity contribution in [2.75, 3.05) is 0 Å². The molecule has 8 radical (unpaired) electrons. The van der Waals surface area contributed by atoms with Gasteiger partial charge < -0.3 is 59.4 Å². The third-order valence-electron chi connectivity index (χ3n) is 19.6. The zero-order valence-electron chi connectivity index (χ0n) is 67.6. The summed E-state index contributed by atoms with van der Waals surface area (Å²) < 4.78 is 0. The van der Waals surface area contributed by atoms with Gasteiger partial charge in [0.05, 0.1) is 0 Å². The maximum absolute atomic E-state index is 4.37. The van der Waals surface area contributed by atoms with E-state index in [1.165, 1.54) is 244 Å². The average Bonchev–Trinajstić information content (AvgIpc) is 0.932. The van der Waals surface area contributed by atoms with Crippen LogP contribution < -0.4 is 0 Å². The Morgan fingerprint density at radius 3 is 0.704 bits per heavy atom. The van der Waals surface area contributed by atoms with Crippen molar-refractivity contribution in [3.05, 3.63) is 296 Å². The van der Waals surface area contributed by atoms with Crippen LogP contribution in [0.3, 0.4) is 0 Å². The molecule has 16 heteroatoms. The van der Waals surface area contributed by atoms with Gasteiger partial charge in [-0.05, 0) is 317 Å². The van der Waals surface area contributed by atoms with Gasteiger partial charge in [-0.2, -0.15) is 0 Å². The molecule has 584 valence electrons. The summed E-state index contributed by atoms with van der Waals surface area (Å²) in [5.74, 6) is 6.81. The molecular weight excluding hydrogens is 1930 g/mol. The van der Waals surface area contributed by atoms with Crippen molar-refractivity contribution < 1.29 is 262 Å². The van der Waals surface area contributed by atoms with Crippen LogP contribution in [-0.2, 0) is 364 Å². The van der Waals surface area contributed by atoms with Gasteiger partial charge in [-0.3, -0.25) is 39.9 Å². The van der Waals surface area contributed by atoms with Gasteiger partial charge in [0.1, 0.15) is 0 Å². The molecule has 0 aromatic carbocycles. The standard InChI is InChI=1S/8C10H13N.4CH4.8CH3.8Y/c2*1-8-2-3-10-7-11-5-4-9(10)6-8;2*1-8-2-3-9-4-5-11-7-10(9)6-8;2*1-8-4-5-10-9(7-8)3-2-6-11-10;2*1-8-4-5-9-3-2-6-11-10(9)7-8;;;;;;;;;;;;;;;;;;;;/h4*4-5,7-8H,2-3,6H2,1H3;4*2-3,6,8H,4-5,7H2,1H3;4*1H4;8*1H3;;;;;;;;/q;;;;;;;;;;;;8*-1;;;;;;;;. The van der Waals surface area contributed by atoms with E-state index in [-0.39, 0.29) is 351 Å². The SMILES string of the molecule is C.C.C.C.CC1CCc2cccnc2C1.CC1CCc2cccnc2C1.CC1CCc2ccncc2C1.CC1CCc2ccncc2C1.CC1CCc2cnccc2C1.CC1CCc2cnccc2C1.CC1CCc2ncccc2C1.CC1CCc2ncccc2C1.[CH3-].[CH3-].[CH3-].[CH3-].[CH3-].[CH3-].[CH3-].[CH3-].[Y].[Y].[Y].[Y].[Y].[Y].[Y].[Y]. The first-order chi connectivity index (χ1) is 42.9. The first kappa shape index (κ1) is 136. The fourth-order valence-corrected chi connectivity index (χ4v) is 14.0. The Labute approximate surface area is 870 Å². The molecule has 108 heavy (non-hydrogen) atoms. The quantitative estimate of drug-likeness (QED) is 0.138. The van der Waals surface area contributed by atoms with Crippen LogP contribution in [-0.4, -0.2) is 39.9 Å². The second kappa shape index (κ2) is 75.3. The number of nitrogens with zero attached hydrogens (tertiary/aromatic N) is 8. The Bertz CT molecular complexity index is 2750. The molecule has 0 saturated carbocycles. The van der Waals surface area contributed by atoms with Crippen LogP contribution in [0.25, 0.3) is 0 Å². The van der Waals surface area contributed by atoms with Crippen LogP contribution in [0, 0.1) is 107 Å². The minimum atomic E-state index is 0. The van der Waals surface area contributed by atoms with Crippen molar-refractivity contribution in [3.8, 4) is 0 Å². The monoisotopic (exact) mass is 2070 g/mol. The molecule has 8 aromatic rings. The molecule has 0 amide bonds. The summed E-state index contributed by atoms with van der Waals surface area (Å²) in [6.07, 6.45) is 53.4. The van der Waals surface area contributed by atoms with Crippen molar-refractivity contribution in [1.82, 2.24) is 39.9 Å². The molecular formula is C92H144N8Y8-8. The molecule has 0 aliphatic heterocycles. The number of hydrogen-bond acceptors (Lipinski definition) is 8. The molecule has 8 unspecified atom stereocenters. The third-order valence-corrected chi connectivity index (χ3v) is 19.6. The largest absolute Gasteiger partial charge is 0.358 e.